The van der Waals surface area contributed by atoms with Gasteiger partial charge in [-0.05, 0) is 109 Å². The van der Waals surface area contributed by atoms with Gasteiger partial charge in [-0.1, -0.05) is 153 Å². The van der Waals surface area contributed by atoms with E-state index in [2.05, 4.69) is 207 Å². The van der Waals surface area contributed by atoms with Crippen LogP contribution >= 0.6 is 11.3 Å². The first-order valence-electron chi connectivity index (χ1n) is 19.1. The second-order valence-corrected chi connectivity index (χ2v) is 16.4. The Kier molecular flexibility index (Phi) is 7.14. The van der Waals surface area contributed by atoms with E-state index in [1.54, 1.807) is 0 Å². The summed E-state index contributed by atoms with van der Waals surface area (Å²) in [6.07, 6.45) is 0. The summed E-state index contributed by atoms with van der Waals surface area (Å²) in [5, 5.41) is 7.61. The maximum absolute atomic E-state index is 2.50. The third-order valence-corrected chi connectivity index (χ3v) is 13.0. The molecule has 0 unspecified atom stereocenters. The van der Waals surface area contributed by atoms with E-state index in [1.807, 2.05) is 11.3 Å². The highest BCUT2D eigenvalue weighted by atomic mass is 32.1. The fourth-order valence-corrected chi connectivity index (χ4v) is 10.3. The number of hydrogen-bond acceptors (Lipinski definition) is 2. The summed E-state index contributed by atoms with van der Waals surface area (Å²) in [4.78, 5) is 2.50. The Morgan fingerprint density at radius 2 is 1.07 bits per heavy atom. The molecule has 10 aromatic rings. The van der Waals surface area contributed by atoms with Crippen molar-refractivity contribution < 1.29 is 0 Å². The van der Waals surface area contributed by atoms with Gasteiger partial charge in [0.15, 0.2) is 0 Å². The van der Waals surface area contributed by atoms with Gasteiger partial charge in [-0.15, -0.1) is 11.3 Å². The lowest BCUT2D eigenvalue weighted by Gasteiger charge is -2.30. The maximum atomic E-state index is 2.50. The van der Waals surface area contributed by atoms with Crippen LogP contribution in [0.15, 0.2) is 188 Å². The van der Waals surface area contributed by atoms with Crippen molar-refractivity contribution in [3.8, 4) is 33.4 Å². The van der Waals surface area contributed by atoms with Crippen LogP contribution in [0.25, 0.3) is 75.1 Å². The summed E-state index contributed by atoms with van der Waals surface area (Å²) in [5.74, 6) is 0. The second kappa shape index (κ2) is 12.3. The Balaban J connectivity index is 1.18. The number of hydrogen-bond donors (Lipinski definition) is 0. The van der Waals surface area contributed by atoms with Gasteiger partial charge in [0.1, 0.15) is 0 Å². The summed E-state index contributed by atoms with van der Waals surface area (Å²) >= 11 is 1.88. The van der Waals surface area contributed by atoms with Crippen LogP contribution in [0.3, 0.4) is 0 Å². The zero-order valence-electron chi connectivity index (χ0n) is 30.8. The first-order chi connectivity index (χ1) is 27.0. The minimum atomic E-state index is -0.124. The smallest absolute Gasteiger partial charge is 0.0547 e. The number of nitrogens with zero attached hydrogens (tertiary/aromatic N) is 1. The molecule has 1 aliphatic rings. The quantitative estimate of drug-likeness (QED) is 0.171. The van der Waals surface area contributed by atoms with Crippen molar-refractivity contribution in [1.29, 1.82) is 0 Å². The molecule has 260 valence electrons. The molecule has 1 heterocycles. The zero-order chi connectivity index (χ0) is 36.7. The van der Waals surface area contributed by atoms with Crippen molar-refractivity contribution in [2.75, 3.05) is 4.90 Å². The Morgan fingerprint density at radius 3 is 1.95 bits per heavy atom. The summed E-state index contributed by atoms with van der Waals surface area (Å²) < 4.78 is 2.60. The third-order valence-electron chi connectivity index (χ3n) is 11.9. The van der Waals surface area contributed by atoms with Crippen molar-refractivity contribution in [3.05, 3.63) is 199 Å². The highest BCUT2D eigenvalue weighted by molar-refractivity contribution is 7.26. The third kappa shape index (κ3) is 4.99. The molecule has 0 spiro atoms. The van der Waals surface area contributed by atoms with Gasteiger partial charge in [-0.25, -0.2) is 0 Å². The highest BCUT2D eigenvalue weighted by Gasteiger charge is 2.36. The zero-order valence-corrected chi connectivity index (χ0v) is 31.6. The largest absolute Gasteiger partial charge is 0.310 e. The Labute approximate surface area is 325 Å². The lowest BCUT2D eigenvalue weighted by Crippen LogP contribution is -2.17. The van der Waals surface area contributed by atoms with Crippen molar-refractivity contribution in [2.45, 2.75) is 19.3 Å². The molecule has 1 aliphatic carbocycles. The molecule has 0 atom stereocenters. The van der Waals surface area contributed by atoms with Gasteiger partial charge >= 0.3 is 0 Å². The van der Waals surface area contributed by atoms with Gasteiger partial charge in [0.25, 0.3) is 0 Å². The SMILES string of the molecule is CC1(C)c2ccccc2-c2ccc(N(c3ccc(-c4cccc5ccccc45)cc3)c3ccc4sc5ccccc5c4c3-c3ccc4ccccc4c3)cc21. The minimum absolute atomic E-state index is 0.124. The van der Waals surface area contributed by atoms with Crippen molar-refractivity contribution in [1.82, 2.24) is 0 Å². The van der Waals surface area contributed by atoms with Gasteiger partial charge in [0, 0.05) is 42.5 Å². The van der Waals surface area contributed by atoms with Gasteiger partial charge in [0.05, 0.1) is 5.69 Å². The van der Waals surface area contributed by atoms with E-state index in [1.165, 1.54) is 86.2 Å². The molecule has 0 bridgehead atoms. The van der Waals surface area contributed by atoms with E-state index in [0.717, 1.165) is 17.1 Å². The molecular formula is C53H37NS. The summed E-state index contributed by atoms with van der Waals surface area (Å²) in [6, 6.07) is 69.8. The molecule has 11 rings (SSSR count). The van der Waals surface area contributed by atoms with E-state index in [4.69, 9.17) is 0 Å². The van der Waals surface area contributed by atoms with Crippen LogP contribution in [0.1, 0.15) is 25.0 Å². The van der Waals surface area contributed by atoms with Crippen LogP contribution in [0, 0.1) is 0 Å². The summed E-state index contributed by atoms with van der Waals surface area (Å²) in [6.45, 7) is 4.74. The second-order valence-electron chi connectivity index (χ2n) is 15.3. The van der Waals surface area contributed by atoms with Crippen molar-refractivity contribution in [2.24, 2.45) is 0 Å². The van der Waals surface area contributed by atoms with Crippen LogP contribution in [0.4, 0.5) is 17.1 Å². The Hall–Kier alpha value is -6.48. The van der Waals surface area contributed by atoms with Crippen molar-refractivity contribution in [3.63, 3.8) is 0 Å². The van der Waals surface area contributed by atoms with Crippen LogP contribution in [-0.2, 0) is 5.41 Å². The summed E-state index contributed by atoms with van der Waals surface area (Å²) in [5.41, 5.74) is 13.6. The predicted octanol–water partition coefficient (Wildman–Crippen LogP) is 15.5. The predicted molar refractivity (Wildman–Crippen MR) is 237 cm³/mol. The van der Waals surface area contributed by atoms with E-state index >= 15 is 0 Å². The molecule has 0 amide bonds. The molecule has 0 fully saturated rings. The van der Waals surface area contributed by atoms with Crippen LogP contribution in [-0.4, -0.2) is 0 Å². The van der Waals surface area contributed by atoms with Gasteiger partial charge in [-0.2, -0.15) is 0 Å². The molecular weight excluding hydrogens is 683 g/mol. The van der Waals surface area contributed by atoms with Gasteiger partial charge in [0.2, 0.25) is 0 Å². The van der Waals surface area contributed by atoms with Crippen LogP contribution in [0.2, 0.25) is 0 Å². The molecule has 0 saturated heterocycles. The number of fused-ring (bicyclic) bond motifs is 8. The number of thiophene rings is 1. The molecule has 1 aromatic heterocycles. The van der Waals surface area contributed by atoms with Crippen LogP contribution < -0.4 is 4.90 Å². The van der Waals surface area contributed by atoms with Crippen LogP contribution in [0.5, 0.6) is 0 Å². The van der Waals surface area contributed by atoms with E-state index in [9.17, 15) is 0 Å². The van der Waals surface area contributed by atoms with E-state index in [-0.39, 0.29) is 5.41 Å². The standard InChI is InChI=1S/C53H37NS/c1-53(2)46-20-9-7-17-43(46)44-29-28-40(33-47(44)53)54(39-26-24-36(25-27-39)42-19-11-15-35-13-5-6-16-41(35)42)48-30-31-50-52(45-18-8-10-21-49(45)55-50)51(48)38-23-22-34-12-3-4-14-37(34)32-38/h3-33H,1-2H3. The lowest BCUT2D eigenvalue weighted by molar-refractivity contribution is 0.660. The average molecular weight is 720 g/mol. The molecule has 2 heteroatoms. The molecule has 0 N–H and O–H groups in total. The molecule has 0 aliphatic heterocycles. The van der Waals surface area contributed by atoms with E-state index in [0.29, 0.717) is 0 Å². The molecule has 1 nitrogen and oxygen atoms in total. The fraction of sp³-hybridized carbons (Fsp3) is 0.0566. The molecule has 0 radical (unpaired) electrons. The van der Waals surface area contributed by atoms with Gasteiger partial charge in [-0.3, -0.25) is 0 Å². The normalized spacial score (nSPS) is 13.1. The first kappa shape index (κ1) is 32.0. The number of anilines is 3. The first-order valence-corrected chi connectivity index (χ1v) is 19.9. The lowest BCUT2D eigenvalue weighted by atomic mass is 9.82. The summed E-state index contributed by atoms with van der Waals surface area (Å²) in [7, 11) is 0. The number of benzene rings is 9. The van der Waals surface area contributed by atoms with Gasteiger partial charge < -0.3 is 4.90 Å². The monoisotopic (exact) mass is 719 g/mol. The maximum Gasteiger partial charge on any atom is 0.0547 e. The molecule has 9 aromatic carbocycles. The number of rotatable bonds is 5. The molecule has 0 saturated carbocycles. The van der Waals surface area contributed by atoms with E-state index < -0.39 is 0 Å². The Bertz CT molecular complexity index is 3120. The highest BCUT2D eigenvalue weighted by Crippen LogP contribution is 2.53. The van der Waals surface area contributed by atoms with Crippen molar-refractivity contribution >= 4 is 70.1 Å². The minimum Gasteiger partial charge on any atom is -0.310 e. The topological polar surface area (TPSA) is 3.24 Å². The average Bonchev–Trinajstić information content (AvgIpc) is 3.72. The fourth-order valence-electron chi connectivity index (χ4n) is 9.15. The molecule has 55 heavy (non-hydrogen) atoms. The Morgan fingerprint density at radius 1 is 0.418 bits per heavy atom.